The van der Waals surface area contributed by atoms with Gasteiger partial charge in [-0.1, -0.05) is 76.1 Å². The fourth-order valence-corrected chi connectivity index (χ4v) is 3.18. The van der Waals surface area contributed by atoms with E-state index in [1.165, 1.54) is 22.3 Å². The van der Waals surface area contributed by atoms with Crippen LogP contribution < -0.4 is 10.1 Å². The normalized spacial score (nSPS) is 10.7. The molecule has 0 atom stereocenters. The van der Waals surface area contributed by atoms with Gasteiger partial charge in [-0.25, -0.2) is 0 Å². The van der Waals surface area contributed by atoms with Crippen LogP contribution in [0.5, 0.6) is 5.75 Å². The van der Waals surface area contributed by atoms with Crippen molar-refractivity contribution in [3.05, 3.63) is 99.5 Å². The van der Waals surface area contributed by atoms with Crippen LogP contribution in [-0.4, -0.2) is 6.54 Å². The molecule has 0 bridgehead atoms. The molecule has 0 aliphatic carbocycles. The maximum absolute atomic E-state index is 6.07. The molecule has 0 aliphatic rings. The molecule has 0 amide bonds. The first-order valence-electron chi connectivity index (χ1n) is 8.92. The summed E-state index contributed by atoms with van der Waals surface area (Å²) >= 11 is 3.56. The Balaban J connectivity index is 1.56. The predicted octanol–water partition coefficient (Wildman–Crippen LogP) is 5.67. The molecule has 0 aliphatic heterocycles. The van der Waals surface area contributed by atoms with Crippen molar-refractivity contribution in [1.29, 1.82) is 0 Å². The maximum Gasteiger partial charge on any atom is 0.124 e. The topological polar surface area (TPSA) is 21.3 Å². The number of benzene rings is 3. The lowest BCUT2D eigenvalue weighted by molar-refractivity contribution is 0.302. The highest BCUT2D eigenvalue weighted by Crippen LogP contribution is 2.24. The highest BCUT2D eigenvalue weighted by molar-refractivity contribution is 9.10. The van der Waals surface area contributed by atoms with Crippen molar-refractivity contribution in [3.8, 4) is 5.75 Å². The maximum atomic E-state index is 6.07. The Kier molecular flexibility index (Phi) is 6.87. The lowest BCUT2D eigenvalue weighted by atomic mass is 10.1. The second-order valence-corrected chi connectivity index (χ2v) is 7.35. The van der Waals surface area contributed by atoms with Gasteiger partial charge in [0.15, 0.2) is 0 Å². The first kappa shape index (κ1) is 18.7. The Morgan fingerprint density at radius 2 is 1.65 bits per heavy atom. The number of rotatable bonds is 8. The SMILES string of the molecule is Cc1ccc(COc2ccc(Br)cc2CNCCc2ccccc2)cc1. The van der Waals surface area contributed by atoms with Gasteiger partial charge in [-0.05, 0) is 49.2 Å². The van der Waals surface area contributed by atoms with Crippen LogP contribution in [0.4, 0.5) is 0 Å². The average Bonchev–Trinajstić information content (AvgIpc) is 2.67. The standard InChI is InChI=1S/C23H24BrNO/c1-18-7-9-20(10-8-18)17-26-23-12-11-22(24)15-21(23)16-25-14-13-19-5-3-2-4-6-19/h2-12,15,25H,13-14,16-17H2,1H3. The highest BCUT2D eigenvalue weighted by atomic mass is 79.9. The Hall–Kier alpha value is -2.10. The molecule has 3 aromatic rings. The van der Waals surface area contributed by atoms with Gasteiger partial charge >= 0.3 is 0 Å². The number of nitrogens with one attached hydrogen (secondary N) is 1. The number of halogens is 1. The average molecular weight is 410 g/mol. The number of hydrogen-bond donors (Lipinski definition) is 1. The zero-order valence-corrected chi connectivity index (χ0v) is 16.6. The molecular weight excluding hydrogens is 386 g/mol. The smallest absolute Gasteiger partial charge is 0.124 e. The lowest BCUT2D eigenvalue weighted by Gasteiger charge is -2.13. The van der Waals surface area contributed by atoms with Gasteiger partial charge < -0.3 is 10.1 Å². The predicted molar refractivity (Wildman–Crippen MR) is 112 cm³/mol. The van der Waals surface area contributed by atoms with Gasteiger partial charge in [-0.3, -0.25) is 0 Å². The largest absolute Gasteiger partial charge is 0.489 e. The Morgan fingerprint density at radius 1 is 0.885 bits per heavy atom. The Bertz CT molecular complexity index is 815. The second kappa shape index (κ2) is 9.56. The third-order valence-corrected chi connectivity index (χ3v) is 4.78. The third kappa shape index (κ3) is 5.72. The van der Waals surface area contributed by atoms with Crippen molar-refractivity contribution in [2.24, 2.45) is 0 Å². The van der Waals surface area contributed by atoms with Gasteiger partial charge in [0.1, 0.15) is 12.4 Å². The van der Waals surface area contributed by atoms with Crippen LogP contribution in [0.3, 0.4) is 0 Å². The molecule has 3 aromatic carbocycles. The number of ether oxygens (including phenoxy) is 1. The van der Waals surface area contributed by atoms with Gasteiger partial charge in [0.25, 0.3) is 0 Å². The van der Waals surface area contributed by atoms with E-state index in [1.807, 2.05) is 12.1 Å². The van der Waals surface area contributed by atoms with Gasteiger partial charge in [0.2, 0.25) is 0 Å². The van der Waals surface area contributed by atoms with E-state index in [1.54, 1.807) is 0 Å². The summed E-state index contributed by atoms with van der Waals surface area (Å²) < 4.78 is 7.14. The van der Waals surface area contributed by atoms with Crippen LogP contribution in [0.1, 0.15) is 22.3 Å². The summed E-state index contributed by atoms with van der Waals surface area (Å²) in [5.74, 6) is 0.931. The minimum Gasteiger partial charge on any atom is -0.489 e. The molecule has 0 saturated carbocycles. The fourth-order valence-electron chi connectivity index (χ4n) is 2.77. The van der Waals surface area contributed by atoms with Crippen molar-refractivity contribution in [2.45, 2.75) is 26.5 Å². The van der Waals surface area contributed by atoms with Crippen LogP contribution in [0.2, 0.25) is 0 Å². The third-order valence-electron chi connectivity index (χ3n) is 4.29. The van der Waals surface area contributed by atoms with E-state index in [0.29, 0.717) is 6.61 Å². The molecule has 0 saturated heterocycles. The quantitative estimate of drug-likeness (QED) is 0.483. The van der Waals surface area contributed by atoms with Gasteiger partial charge in [-0.15, -0.1) is 0 Å². The molecule has 0 heterocycles. The van der Waals surface area contributed by atoms with E-state index in [9.17, 15) is 0 Å². The second-order valence-electron chi connectivity index (χ2n) is 6.44. The molecule has 0 fully saturated rings. The van der Waals surface area contributed by atoms with Gasteiger partial charge in [0, 0.05) is 16.6 Å². The first-order valence-corrected chi connectivity index (χ1v) is 9.71. The highest BCUT2D eigenvalue weighted by Gasteiger charge is 2.05. The van der Waals surface area contributed by atoms with Crippen LogP contribution in [0, 0.1) is 6.92 Å². The molecule has 2 nitrogen and oxygen atoms in total. The number of aryl methyl sites for hydroxylation is 1. The summed E-state index contributed by atoms with van der Waals surface area (Å²) in [4.78, 5) is 0. The van der Waals surface area contributed by atoms with Gasteiger partial charge in [-0.2, -0.15) is 0 Å². The minimum atomic E-state index is 0.582. The fraction of sp³-hybridized carbons (Fsp3) is 0.217. The molecule has 26 heavy (non-hydrogen) atoms. The Labute approximate surface area is 164 Å². The molecule has 0 spiro atoms. The van der Waals surface area contributed by atoms with Crippen molar-refractivity contribution in [2.75, 3.05) is 6.54 Å². The molecule has 3 rings (SSSR count). The van der Waals surface area contributed by atoms with Crippen LogP contribution >= 0.6 is 15.9 Å². The molecule has 0 unspecified atom stereocenters. The van der Waals surface area contributed by atoms with E-state index in [-0.39, 0.29) is 0 Å². The lowest BCUT2D eigenvalue weighted by Crippen LogP contribution is -2.17. The minimum absolute atomic E-state index is 0.582. The van der Waals surface area contributed by atoms with Crippen LogP contribution in [0.25, 0.3) is 0 Å². The van der Waals surface area contributed by atoms with Crippen molar-refractivity contribution in [1.82, 2.24) is 5.32 Å². The summed E-state index contributed by atoms with van der Waals surface area (Å²) in [6.07, 6.45) is 1.02. The zero-order chi connectivity index (χ0) is 18.2. The van der Waals surface area contributed by atoms with E-state index in [2.05, 4.69) is 88.8 Å². The van der Waals surface area contributed by atoms with Crippen molar-refractivity contribution < 1.29 is 4.74 Å². The van der Waals surface area contributed by atoms with Crippen molar-refractivity contribution >= 4 is 15.9 Å². The zero-order valence-electron chi connectivity index (χ0n) is 15.0. The molecule has 134 valence electrons. The van der Waals surface area contributed by atoms with Crippen molar-refractivity contribution in [3.63, 3.8) is 0 Å². The molecule has 0 aromatic heterocycles. The molecule has 3 heteroatoms. The summed E-state index contributed by atoms with van der Waals surface area (Å²) in [6, 6.07) is 25.2. The van der Waals surface area contributed by atoms with E-state index in [4.69, 9.17) is 4.74 Å². The van der Waals surface area contributed by atoms with E-state index >= 15 is 0 Å². The number of hydrogen-bond acceptors (Lipinski definition) is 2. The summed E-state index contributed by atoms with van der Waals surface area (Å²) in [5, 5.41) is 3.52. The summed E-state index contributed by atoms with van der Waals surface area (Å²) in [7, 11) is 0. The first-order chi connectivity index (χ1) is 12.7. The molecule has 0 radical (unpaired) electrons. The van der Waals surface area contributed by atoms with Crippen LogP contribution in [-0.2, 0) is 19.6 Å². The van der Waals surface area contributed by atoms with E-state index < -0.39 is 0 Å². The monoisotopic (exact) mass is 409 g/mol. The molecule has 1 N–H and O–H groups in total. The van der Waals surface area contributed by atoms with Gasteiger partial charge in [0.05, 0.1) is 0 Å². The van der Waals surface area contributed by atoms with Crippen LogP contribution in [0.15, 0.2) is 77.3 Å². The molecular formula is C23H24BrNO. The van der Waals surface area contributed by atoms with E-state index in [0.717, 1.165) is 29.7 Å². The summed E-state index contributed by atoms with van der Waals surface area (Å²) in [5.41, 5.74) is 4.96. The Morgan fingerprint density at radius 3 is 2.42 bits per heavy atom. The summed E-state index contributed by atoms with van der Waals surface area (Å²) in [6.45, 7) is 4.40.